The van der Waals surface area contributed by atoms with Crippen molar-refractivity contribution >= 4 is 18.0 Å². The van der Waals surface area contributed by atoms with E-state index in [1.807, 2.05) is 24.3 Å². The number of hydrogen-bond donors (Lipinski definition) is 2. The quantitative estimate of drug-likeness (QED) is 0.630. The van der Waals surface area contributed by atoms with Crippen LogP contribution in [-0.4, -0.2) is 52.7 Å². The van der Waals surface area contributed by atoms with Gasteiger partial charge in [-0.25, -0.2) is 4.79 Å². The van der Waals surface area contributed by atoms with Crippen LogP contribution in [0.3, 0.4) is 0 Å². The molecule has 2 fully saturated rings. The third-order valence-corrected chi connectivity index (χ3v) is 7.85. The number of benzene rings is 2. The molecule has 2 aromatic carbocycles. The summed E-state index contributed by atoms with van der Waals surface area (Å²) >= 11 is 0. The fourth-order valence-electron chi connectivity index (χ4n) is 6.17. The highest BCUT2D eigenvalue weighted by atomic mass is 16.5. The first kappa shape index (κ1) is 23.4. The summed E-state index contributed by atoms with van der Waals surface area (Å²) in [6.45, 7) is 0.723. The van der Waals surface area contributed by atoms with Crippen LogP contribution in [0.1, 0.15) is 68.4 Å². The number of rotatable bonds is 6. The summed E-state index contributed by atoms with van der Waals surface area (Å²) < 4.78 is 5.76. The van der Waals surface area contributed by atoms with Gasteiger partial charge in [0.15, 0.2) is 0 Å². The third kappa shape index (κ3) is 4.51. The van der Waals surface area contributed by atoms with Gasteiger partial charge in [-0.2, -0.15) is 0 Å². The molecule has 5 rings (SSSR count). The Bertz CT molecular complexity index is 1080. The molecular weight excluding hydrogens is 444 g/mol. The predicted octanol–water partition coefficient (Wildman–Crippen LogP) is 4.69. The first-order valence-corrected chi connectivity index (χ1v) is 12.6. The van der Waals surface area contributed by atoms with Gasteiger partial charge in [0.1, 0.15) is 12.1 Å². The summed E-state index contributed by atoms with van der Waals surface area (Å²) in [5, 5.41) is 12.2. The minimum atomic E-state index is -1.03. The Balaban J connectivity index is 1.30. The van der Waals surface area contributed by atoms with E-state index in [9.17, 15) is 19.5 Å². The maximum atomic E-state index is 13.7. The monoisotopic (exact) mass is 476 g/mol. The number of likely N-dealkylation sites (tertiary alicyclic amines) is 1. The molecule has 1 aliphatic heterocycles. The molecule has 2 aromatic rings. The normalized spacial score (nSPS) is 20.7. The maximum absolute atomic E-state index is 13.7. The van der Waals surface area contributed by atoms with Gasteiger partial charge in [-0.3, -0.25) is 9.59 Å². The average molecular weight is 477 g/mol. The lowest BCUT2D eigenvalue weighted by molar-refractivity contribution is -0.143. The van der Waals surface area contributed by atoms with E-state index in [1.165, 1.54) is 0 Å². The van der Waals surface area contributed by atoms with Gasteiger partial charge in [-0.05, 0) is 47.9 Å². The van der Waals surface area contributed by atoms with Crippen LogP contribution < -0.4 is 5.32 Å². The Morgan fingerprint density at radius 1 is 0.943 bits per heavy atom. The molecular formula is C28H32N2O5. The van der Waals surface area contributed by atoms with Crippen molar-refractivity contribution in [2.75, 3.05) is 13.2 Å². The zero-order valence-corrected chi connectivity index (χ0v) is 19.9. The SMILES string of the molecule is O=C(O)C[C@@H]1CCCN1C(=O)C1(NC(=O)OCC2c3ccccc3-c3ccccc32)CCCCC1. The second kappa shape index (κ2) is 9.72. The highest BCUT2D eigenvalue weighted by Gasteiger charge is 2.46. The molecule has 2 amide bonds. The molecule has 1 heterocycles. The molecule has 0 unspecified atom stereocenters. The fourth-order valence-corrected chi connectivity index (χ4v) is 6.17. The number of amides is 2. The molecule has 0 radical (unpaired) electrons. The maximum Gasteiger partial charge on any atom is 0.408 e. The summed E-state index contributed by atoms with van der Waals surface area (Å²) in [7, 11) is 0. The molecule has 7 nitrogen and oxygen atoms in total. The van der Waals surface area contributed by atoms with Gasteiger partial charge >= 0.3 is 12.1 Å². The number of nitrogens with one attached hydrogen (secondary N) is 1. The molecule has 2 N–H and O–H groups in total. The van der Waals surface area contributed by atoms with Crippen LogP contribution in [0.25, 0.3) is 11.1 Å². The Labute approximate surface area is 205 Å². The van der Waals surface area contributed by atoms with Crippen molar-refractivity contribution in [2.24, 2.45) is 0 Å². The first-order chi connectivity index (χ1) is 17.0. The second-order valence-electron chi connectivity index (χ2n) is 9.99. The molecule has 0 aromatic heterocycles. The minimum absolute atomic E-state index is 0.0512. The highest BCUT2D eigenvalue weighted by Crippen LogP contribution is 2.44. The molecule has 3 aliphatic rings. The van der Waals surface area contributed by atoms with Crippen molar-refractivity contribution in [3.8, 4) is 11.1 Å². The van der Waals surface area contributed by atoms with Gasteiger partial charge in [-0.15, -0.1) is 0 Å². The average Bonchev–Trinajstić information content (AvgIpc) is 3.45. The van der Waals surface area contributed by atoms with Crippen LogP contribution in [0.2, 0.25) is 0 Å². The van der Waals surface area contributed by atoms with E-state index in [2.05, 4.69) is 29.6 Å². The van der Waals surface area contributed by atoms with Crippen LogP contribution in [0, 0.1) is 0 Å². The Morgan fingerprint density at radius 3 is 2.20 bits per heavy atom. The molecule has 1 saturated heterocycles. The van der Waals surface area contributed by atoms with E-state index >= 15 is 0 Å². The molecule has 2 aliphatic carbocycles. The summed E-state index contributed by atoms with van der Waals surface area (Å²) in [6, 6.07) is 16.0. The van der Waals surface area contributed by atoms with E-state index in [-0.39, 0.29) is 30.9 Å². The Morgan fingerprint density at radius 2 is 1.57 bits per heavy atom. The largest absolute Gasteiger partial charge is 0.481 e. The number of hydrogen-bond acceptors (Lipinski definition) is 4. The number of carbonyl (C=O) groups is 3. The van der Waals surface area contributed by atoms with E-state index in [0.29, 0.717) is 25.8 Å². The van der Waals surface area contributed by atoms with E-state index < -0.39 is 17.6 Å². The number of carboxylic acid groups (broad SMARTS) is 1. The van der Waals surface area contributed by atoms with Crippen molar-refractivity contribution < 1.29 is 24.2 Å². The fraction of sp³-hybridized carbons (Fsp3) is 0.464. The number of alkyl carbamates (subject to hydrolysis) is 1. The van der Waals surface area contributed by atoms with E-state index in [0.717, 1.165) is 47.9 Å². The number of carbonyl (C=O) groups excluding carboxylic acids is 2. The smallest absolute Gasteiger partial charge is 0.408 e. The van der Waals surface area contributed by atoms with Gasteiger partial charge in [-0.1, -0.05) is 67.8 Å². The van der Waals surface area contributed by atoms with Crippen LogP contribution in [-0.2, 0) is 14.3 Å². The number of aliphatic carboxylic acids is 1. The van der Waals surface area contributed by atoms with Gasteiger partial charge in [0, 0.05) is 18.5 Å². The topological polar surface area (TPSA) is 95.9 Å². The van der Waals surface area contributed by atoms with Crippen LogP contribution in [0.4, 0.5) is 4.79 Å². The first-order valence-electron chi connectivity index (χ1n) is 12.6. The second-order valence-corrected chi connectivity index (χ2v) is 9.99. The summed E-state index contributed by atoms with van der Waals surface area (Å²) in [4.78, 5) is 39.8. The third-order valence-electron chi connectivity index (χ3n) is 7.85. The standard InChI is InChI=1S/C28H32N2O5/c31-25(32)17-19-9-8-16-30(19)26(33)28(14-6-1-7-15-28)29-27(34)35-18-24-22-12-4-2-10-20(22)21-11-3-5-13-23(21)24/h2-5,10-13,19,24H,1,6-9,14-18H2,(H,29,34)(H,31,32)/t19-/m0/s1. The highest BCUT2D eigenvalue weighted by molar-refractivity contribution is 5.91. The molecule has 0 bridgehead atoms. The Hall–Kier alpha value is -3.35. The van der Waals surface area contributed by atoms with Crippen molar-refractivity contribution in [1.29, 1.82) is 0 Å². The lowest BCUT2D eigenvalue weighted by Crippen LogP contribution is -2.61. The van der Waals surface area contributed by atoms with Gasteiger partial charge < -0.3 is 20.1 Å². The molecule has 1 atom stereocenters. The number of fused-ring (bicyclic) bond motifs is 3. The van der Waals surface area contributed by atoms with Crippen molar-refractivity contribution in [1.82, 2.24) is 10.2 Å². The Kier molecular flexibility index (Phi) is 6.50. The van der Waals surface area contributed by atoms with Crippen LogP contribution in [0.15, 0.2) is 48.5 Å². The molecule has 1 saturated carbocycles. The van der Waals surface area contributed by atoms with Gasteiger partial charge in [0.25, 0.3) is 0 Å². The van der Waals surface area contributed by atoms with Crippen molar-refractivity contribution in [3.05, 3.63) is 59.7 Å². The zero-order valence-electron chi connectivity index (χ0n) is 19.9. The van der Waals surface area contributed by atoms with Crippen molar-refractivity contribution in [3.63, 3.8) is 0 Å². The lowest BCUT2D eigenvalue weighted by atomic mass is 9.80. The van der Waals surface area contributed by atoms with E-state index in [4.69, 9.17) is 4.74 Å². The molecule has 7 heteroatoms. The lowest BCUT2D eigenvalue weighted by Gasteiger charge is -2.40. The number of nitrogens with zero attached hydrogens (tertiary/aromatic N) is 1. The van der Waals surface area contributed by atoms with Crippen LogP contribution >= 0.6 is 0 Å². The summed E-state index contributed by atoms with van der Waals surface area (Å²) in [6.07, 6.45) is 4.60. The minimum Gasteiger partial charge on any atom is -0.481 e. The predicted molar refractivity (Wildman–Crippen MR) is 131 cm³/mol. The number of carboxylic acids is 1. The molecule has 35 heavy (non-hydrogen) atoms. The van der Waals surface area contributed by atoms with Gasteiger partial charge in [0.05, 0.1) is 6.42 Å². The van der Waals surface area contributed by atoms with Crippen molar-refractivity contribution in [2.45, 2.75) is 68.9 Å². The molecule has 184 valence electrons. The summed E-state index contributed by atoms with van der Waals surface area (Å²) in [5.74, 6) is -1.11. The number of ether oxygens (including phenoxy) is 1. The van der Waals surface area contributed by atoms with Gasteiger partial charge in [0.2, 0.25) is 5.91 Å². The summed E-state index contributed by atoms with van der Waals surface area (Å²) in [5.41, 5.74) is 3.57. The van der Waals surface area contributed by atoms with E-state index in [1.54, 1.807) is 4.90 Å². The molecule has 0 spiro atoms. The van der Waals surface area contributed by atoms with Crippen LogP contribution in [0.5, 0.6) is 0 Å². The zero-order chi connectivity index (χ0) is 24.4.